The zero-order valence-corrected chi connectivity index (χ0v) is 6.57. The maximum Gasteiger partial charge on any atom is 0.219 e. The molecule has 0 saturated heterocycles. The first-order valence-corrected chi connectivity index (χ1v) is 3.40. The number of hydrogen-bond acceptors (Lipinski definition) is 1. The van der Waals surface area contributed by atoms with Crippen molar-refractivity contribution in [2.45, 2.75) is 20.3 Å². The zero-order valence-electron chi connectivity index (χ0n) is 5.76. The Bertz CT molecular complexity index is 118. The van der Waals surface area contributed by atoms with E-state index in [0.29, 0.717) is 12.3 Å². The van der Waals surface area contributed by atoms with E-state index in [1.54, 1.807) is 0 Å². The Morgan fingerprint density at radius 3 is 2.67 bits per heavy atom. The molecule has 0 spiro atoms. The lowest BCUT2D eigenvalue weighted by atomic mass is 10.1. The molecular formula is C7H11OS. The van der Waals surface area contributed by atoms with Crippen LogP contribution in [0.25, 0.3) is 0 Å². The van der Waals surface area contributed by atoms with E-state index in [4.69, 9.17) is 0 Å². The molecule has 0 heterocycles. The van der Waals surface area contributed by atoms with Gasteiger partial charge in [0.1, 0.15) is 0 Å². The van der Waals surface area contributed by atoms with E-state index in [-0.39, 0.29) is 5.12 Å². The van der Waals surface area contributed by atoms with Crippen LogP contribution in [0.3, 0.4) is 0 Å². The van der Waals surface area contributed by atoms with Crippen molar-refractivity contribution in [2.24, 2.45) is 5.92 Å². The molecule has 0 bridgehead atoms. The summed E-state index contributed by atoms with van der Waals surface area (Å²) in [4.78, 5) is 10.3. The minimum atomic E-state index is -0.152. The van der Waals surface area contributed by atoms with Gasteiger partial charge < -0.3 is 0 Å². The lowest BCUT2D eigenvalue weighted by Gasteiger charge is -1.97. The van der Waals surface area contributed by atoms with Gasteiger partial charge in [0.2, 0.25) is 5.12 Å². The fraction of sp³-hybridized carbons (Fsp3) is 0.571. The van der Waals surface area contributed by atoms with Gasteiger partial charge in [-0.25, -0.2) is 0 Å². The highest BCUT2D eigenvalue weighted by Gasteiger charge is 2.00. The largest absolute Gasteiger partial charge is 0.282 e. The van der Waals surface area contributed by atoms with Gasteiger partial charge in [-0.1, -0.05) is 19.1 Å². The molecule has 0 aromatic heterocycles. The highest BCUT2D eigenvalue weighted by molar-refractivity contribution is 7.96. The summed E-state index contributed by atoms with van der Waals surface area (Å²) < 4.78 is 0. The van der Waals surface area contributed by atoms with E-state index in [9.17, 15) is 4.79 Å². The molecule has 0 amide bonds. The molecule has 0 aliphatic carbocycles. The third-order valence-electron chi connectivity index (χ3n) is 1.01. The molecule has 0 N–H and O–H groups in total. The second kappa shape index (κ2) is 4.50. The summed E-state index contributed by atoms with van der Waals surface area (Å²) in [6.07, 6.45) is 4.40. The van der Waals surface area contributed by atoms with Gasteiger partial charge in [0.05, 0.1) is 0 Å². The smallest absolute Gasteiger partial charge is 0.219 e. The Kier molecular flexibility index (Phi) is 4.32. The predicted molar refractivity (Wildman–Crippen MR) is 41.2 cm³/mol. The summed E-state index contributed by atoms with van der Waals surface area (Å²) >= 11 is 4.40. The van der Waals surface area contributed by atoms with Crippen molar-refractivity contribution in [3.05, 3.63) is 12.2 Å². The fourth-order valence-electron chi connectivity index (χ4n) is 0.659. The number of rotatable bonds is 3. The quantitative estimate of drug-likeness (QED) is 0.554. The number of carbonyl (C=O) groups is 1. The van der Waals surface area contributed by atoms with Crippen molar-refractivity contribution in [3.63, 3.8) is 0 Å². The van der Waals surface area contributed by atoms with E-state index in [0.717, 1.165) is 0 Å². The van der Waals surface area contributed by atoms with Gasteiger partial charge in [-0.3, -0.25) is 4.79 Å². The second-order valence-corrected chi connectivity index (χ2v) is 2.53. The Morgan fingerprint density at radius 2 is 2.33 bits per heavy atom. The number of allylic oxidation sites excluding steroid dienone is 2. The van der Waals surface area contributed by atoms with Crippen LogP contribution in [0, 0.1) is 5.92 Å². The van der Waals surface area contributed by atoms with Crippen LogP contribution >= 0.6 is 12.6 Å². The van der Waals surface area contributed by atoms with Crippen molar-refractivity contribution in [2.75, 3.05) is 0 Å². The van der Waals surface area contributed by atoms with Crippen LogP contribution in [-0.2, 0) is 4.79 Å². The predicted octanol–water partition coefficient (Wildman–Crippen LogP) is 2.31. The normalized spacial score (nSPS) is 14.0. The molecule has 9 heavy (non-hydrogen) atoms. The van der Waals surface area contributed by atoms with Crippen molar-refractivity contribution in [1.29, 1.82) is 0 Å². The van der Waals surface area contributed by atoms with Crippen LogP contribution in [0.5, 0.6) is 0 Å². The SMILES string of the molecule is CC=CC(C)CC(=O)[S]. The van der Waals surface area contributed by atoms with Gasteiger partial charge in [-0.05, 0) is 25.5 Å². The van der Waals surface area contributed by atoms with E-state index in [1.165, 1.54) is 0 Å². The molecule has 0 aromatic rings. The first-order chi connectivity index (χ1) is 4.16. The number of carbonyl (C=O) groups excluding carboxylic acids is 1. The zero-order chi connectivity index (χ0) is 7.28. The van der Waals surface area contributed by atoms with Crippen LogP contribution in [0.15, 0.2) is 12.2 Å². The minimum Gasteiger partial charge on any atom is -0.282 e. The van der Waals surface area contributed by atoms with E-state index in [2.05, 4.69) is 12.6 Å². The summed E-state index contributed by atoms with van der Waals surface area (Å²) in [7, 11) is 0. The van der Waals surface area contributed by atoms with Gasteiger partial charge in [0, 0.05) is 6.42 Å². The summed E-state index contributed by atoms with van der Waals surface area (Å²) in [5.74, 6) is 0.306. The average molecular weight is 143 g/mol. The maximum absolute atomic E-state index is 10.3. The van der Waals surface area contributed by atoms with E-state index in [1.807, 2.05) is 26.0 Å². The molecule has 0 rings (SSSR count). The maximum atomic E-state index is 10.3. The summed E-state index contributed by atoms with van der Waals surface area (Å²) in [5, 5.41) is -0.152. The molecule has 0 aliphatic heterocycles. The van der Waals surface area contributed by atoms with Gasteiger partial charge in [0.15, 0.2) is 0 Å². The summed E-state index contributed by atoms with van der Waals surface area (Å²) in [6.45, 7) is 3.91. The molecule has 1 nitrogen and oxygen atoms in total. The van der Waals surface area contributed by atoms with Crippen LogP contribution in [-0.4, -0.2) is 5.12 Å². The molecule has 1 radical (unpaired) electrons. The third kappa shape index (κ3) is 5.50. The lowest BCUT2D eigenvalue weighted by molar-refractivity contribution is -0.111. The van der Waals surface area contributed by atoms with Crippen molar-refractivity contribution in [3.8, 4) is 0 Å². The molecular weight excluding hydrogens is 132 g/mol. The molecule has 0 fully saturated rings. The standard InChI is InChI=1S/C7H11OS/c1-3-4-6(2)5-7(8)9/h3-4,6H,5H2,1-2H3. The van der Waals surface area contributed by atoms with E-state index >= 15 is 0 Å². The van der Waals surface area contributed by atoms with Crippen molar-refractivity contribution in [1.82, 2.24) is 0 Å². The highest BCUT2D eigenvalue weighted by atomic mass is 32.1. The molecule has 1 unspecified atom stereocenters. The van der Waals surface area contributed by atoms with Gasteiger partial charge >= 0.3 is 0 Å². The average Bonchev–Trinajstić information content (AvgIpc) is 1.63. The van der Waals surface area contributed by atoms with Gasteiger partial charge in [0.25, 0.3) is 0 Å². The first kappa shape index (κ1) is 8.63. The summed E-state index contributed by atoms with van der Waals surface area (Å²) in [5.41, 5.74) is 0. The van der Waals surface area contributed by atoms with Gasteiger partial charge in [-0.15, -0.1) is 0 Å². The molecule has 0 saturated carbocycles. The van der Waals surface area contributed by atoms with Crippen molar-refractivity contribution >= 4 is 17.7 Å². The number of hydrogen-bond donors (Lipinski definition) is 0. The van der Waals surface area contributed by atoms with Crippen molar-refractivity contribution < 1.29 is 4.79 Å². The summed E-state index contributed by atoms with van der Waals surface area (Å²) in [6, 6.07) is 0. The minimum absolute atomic E-state index is 0.152. The highest BCUT2D eigenvalue weighted by Crippen LogP contribution is 2.05. The fourth-order valence-corrected chi connectivity index (χ4v) is 0.922. The molecule has 2 heteroatoms. The van der Waals surface area contributed by atoms with Crippen LogP contribution in [0.1, 0.15) is 20.3 Å². The molecule has 0 aromatic carbocycles. The van der Waals surface area contributed by atoms with Gasteiger partial charge in [-0.2, -0.15) is 0 Å². The van der Waals surface area contributed by atoms with Crippen LogP contribution < -0.4 is 0 Å². The van der Waals surface area contributed by atoms with Crippen LogP contribution in [0.2, 0.25) is 0 Å². The van der Waals surface area contributed by atoms with E-state index < -0.39 is 0 Å². The second-order valence-electron chi connectivity index (χ2n) is 2.08. The lowest BCUT2D eigenvalue weighted by Crippen LogP contribution is -1.95. The third-order valence-corrected chi connectivity index (χ3v) is 1.18. The first-order valence-electron chi connectivity index (χ1n) is 2.99. The Balaban J connectivity index is 3.50. The molecule has 0 aliphatic rings. The monoisotopic (exact) mass is 143 g/mol. The molecule has 1 atom stereocenters. The van der Waals surface area contributed by atoms with Crippen LogP contribution in [0.4, 0.5) is 0 Å². The Hall–Kier alpha value is -0.370. The Labute approximate surface area is 61.6 Å². The molecule has 51 valence electrons. The Morgan fingerprint density at radius 1 is 1.78 bits per heavy atom. The topological polar surface area (TPSA) is 17.1 Å².